The van der Waals surface area contributed by atoms with E-state index in [1.807, 2.05) is 0 Å². The van der Waals surface area contributed by atoms with Crippen LogP contribution in [0.2, 0.25) is 0 Å². The van der Waals surface area contributed by atoms with Crippen LogP contribution in [0.4, 0.5) is 0 Å². The highest BCUT2D eigenvalue weighted by Crippen LogP contribution is 2.17. The summed E-state index contributed by atoms with van der Waals surface area (Å²) in [6, 6.07) is 6.78. The van der Waals surface area contributed by atoms with Gasteiger partial charge in [0.25, 0.3) is 0 Å². The fourth-order valence-electron chi connectivity index (χ4n) is 1.67. The monoisotopic (exact) mass is 267 g/mol. The van der Waals surface area contributed by atoms with Gasteiger partial charge in [-0.15, -0.1) is 11.6 Å². The molecule has 18 heavy (non-hydrogen) atoms. The second-order valence-corrected chi connectivity index (χ2v) is 4.14. The van der Waals surface area contributed by atoms with Crippen molar-refractivity contribution in [2.45, 2.75) is 6.42 Å². The molecule has 4 nitrogen and oxygen atoms in total. The van der Waals surface area contributed by atoms with E-state index in [0.29, 0.717) is 23.6 Å². The van der Waals surface area contributed by atoms with Crippen LogP contribution >= 0.6 is 11.6 Å². The zero-order valence-corrected chi connectivity index (χ0v) is 10.8. The third-order valence-electron chi connectivity index (χ3n) is 2.58. The Kier molecular flexibility index (Phi) is 4.10. The van der Waals surface area contributed by atoms with Gasteiger partial charge in [0.1, 0.15) is 12.4 Å². The fourth-order valence-corrected chi connectivity index (χ4v) is 1.78. The first-order valence-electron chi connectivity index (χ1n) is 5.65. The van der Waals surface area contributed by atoms with E-state index in [4.69, 9.17) is 21.2 Å². The molecular formula is C13H14ClNO3. The fraction of sp³-hybridized carbons (Fsp3) is 0.308. The summed E-state index contributed by atoms with van der Waals surface area (Å²) in [6.07, 6.45) is 2.37. The normalized spacial score (nSPS) is 10.6. The largest absolute Gasteiger partial charge is 0.497 e. The maximum absolute atomic E-state index is 11.8. The Labute approximate surface area is 110 Å². The van der Waals surface area contributed by atoms with E-state index < -0.39 is 0 Å². The molecule has 0 bridgehead atoms. The van der Waals surface area contributed by atoms with Gasteiger partial charge in [-0.3, -0.25) is 4.79 Å². The first-order chi connectivity index (χ1) is 8.76. The Hall–Kier alpha value is -1.68. The number of hydrogen-bond acceptors (Lipinski definition) is 3. The number of nitrogens with zero attached hydrogens (tertiary/aromatic N) is 1. The molecule has 0 spiro atoms. The van der Waals surface area contributed by atoms with Crippen molar-refractivity contribution in [3.8, 4) is 5.75 Å². The van der Waals surface area contributed by atoms with Gasteiger partial charge in [0, 0.05) is 18.1 Å². The molecule has 0 N–H and O–H groups in total. The molecule has 0 aliphatic heterocycles. The number of hydrogen-bond donors (Lipinski definition) is 0. The SMILES string of the molecule is COc1ccc2c(c1)c(=O)ccn2OCCCCl. The summed E-state index contributed by atoms with van der Waals surface area (Å²) in [6.45, 7) is 0.507. The first kappa shape index (κ1) is 12.8. The van der Waals surface area contributed by atoms with E-state index >= 15 is 0 Å². The van der Waals surface area contributed by atoms with Crippen molar-refractivity contribution in [1.29, 1.82) is 0 Å². The third-order valence-corrected chi connectivity index (χ3v) is 2.84. The predicted octanol–water partition coefficient (Wildman–Crippen LogP) is 2.07. The second kappa shape index (κ2) is 5.78. The molecule has 0 saturated carbocycles. The highest BCUT2D eigenvalue weighted by molar-refractivity contribution is 6.17. The minimum Gasteiger partial charge on any atom is -0.497 e. The Morgan fingerprint density at radius 2 is 2.17 bits per heavy atom. The molecular weight excluding hydrogens is 254 g/mol. The van der Waals surface area contributed by atoms with Gasteiger partial charge in [0.15, 0.2) is 5.43 Å². The lowest BCUT2D eigenvalue weighted by Crippen LogP contribution is -2.17. The maximum Gasteiger partial charge on any atom is 0.189 e. The standard InChI is InChI=1S/C13H14ClNO3/c1-17-10-3-4-12-11(9-10)13(16)5-7-15(12)18-8-2-6-14/h3-5,7,9H,2,6,8H2,1H3. The van der Waals surface area contributed by atoms with Crippen molar-refractivity contribution in [1.82, 2.24) is 4.73 Å². The number of fused-ring (bicyclic) bond motifs is 1. The lowest BCUT2D eigenvalue weighted by molar-refractivity contribution is 0.120. The predicted molar refractivity (Wildman–Crippen MR) is 71.5 cm³/mol. The lowest BCUT2D eigenvalue weighted by atomic mass is 10.2. The maximum atomic E-state index is 11.8. The van der Waals surface area contributed by atoms with Gasteiger partial charge in [-0.05, 0) is 24.6 Å². The number of rotatable bonds is 5. The van der Waals surface area contributed by atoms with Crippen LogP contribution in [0.3, 0.4) is 0 Å². The Morgan fingerprint density at radius 3 is 2.89 bits per heavy atom. The Morgan fingerprint density at radius 1 is 1.33 bits per heavy atom. The van der Waals surface area contributed by atoms with Crippen molar-refractivity contribution in [3.63, 3.8) is 0 Å². The average molecular weight is 268 g/mol. The van der Waals surface area contributed by atoms with E-state index in [0.717, 1.165) is 11.9 Å². The molecule has 2 aromatic rings. The van der Waals surface area contributed by atoms with E-state index in [1.165, 1.54) is 6.07 Å². The van der Waals surface area contributed by atoms with Crippen LogP contribution in [0, 0.1) is 0 Å². The number of alkyl halides is 1. The average Bonchev–Trinajstić information content (AvgIpc) is 2.41. The van der Waals surface area contributed by atoms with E-state index in [-0.39, 0.29) is 5.43 Å². The van der Waals surface area contributed by atoms with Crippen LogP contribution in [0.25, 0.3) is 10.9 Å². The quantitative estimate of drug-likeness (QED) is 0.615. The molecule has 1 aromatic heterocycles. The topological polar surface area (TPSA) is 40.5 Å². The highest BCUT2D eigenvalue weighted by Gasteiger charge is 2.05. The Balaban J connectivity index is 2.43. The molecule has 5 heteroatoms. The van der Waals surface area contributed by atoms with Crippen molar-refractivity contribution in [2.75, 3.05) is 19.6 Å². The van der Waals surface area contributed by atoms with Crippen molar-refractivity contribution < 1.29 is 9.57 Å². The summed E-state index contributed by atoms with van der Waals surface area (Å²) < 4.78 is 6.70. The van der Waals surface area contributed by atoms with E-state index in [2.05, 4.69) is 0 Å². The van der Waals surface area contributed by atoms with Gasteiger partial charge in [0.05, 0.1) is 18.0 Å². The van der Waals surface area contributed by atoms with Gasteiger partial charge in [-0.2, -0.15) is 4.73 Å². The van der Waals surface area contributed by atoms with Gasteiger partial charge < -0.3 is 9.57 Å². The summed E-state index contributed by atoms with van der Waals surface area (Å²) in [5, 5.41) is 0.572. The molecule has 0 unspecified atom stereocenters. The molecule has 2 rings (SSSR count). The van der Waals surface area contributed by atoms with Crippen LogP contribution < -0.4 is 15.0 Å². The summed E-state index contributed by atoms with van der Waals surface area (Å²) in [4.78, 5) is 17.3. The van der Waals surface area contributed by atoms with Crippen LogP contribution in [0.5, 0.6) is 5.75 Å². The van der Waals surface area contributed by atoms with Crippen LogP contribution in [0.15, 0.2) is 35.3 Å². The number of methoxy groups -OCH3 is 1. The summed E-state index contributed by atoms with van der Waals surface area (Å²) in [7, 11) is 1.57. The van der Waals surface area contributed by atoms with E-state index in [9.17, 15) is 4.79 Å². The molecule has 0 atom stereocenters. The smallest absolute Gasteiger partial charge is 0.189 e. The van der Waals surface area contributed by atoms with Gasteiger partial charge in [0.2, 0.25) is 0 Å². The number of ether oxygens (including phenoxy) is 1. The summed E-state index contributed by atoms with van der Waals surface area (Å²) in [5.74, 6) is 1.20. The highest BCUT2D eigenvalue weighted by atomic mass is 35.5. The second-order valence-electron chi connectivity index (χ2n) is 3.76. The van der Waals surface area contributed by atoms with Crippen molar-refractivity contribution in [2.24, 2.45) is 0 Å². The van der Waals surface area contributed by atoms with Crippen LogP contribution in [0.1, 0.15) is 6.42 Å². The molecule has 0 amide bonds. The van der Waals surface area contributed by atoms with Gasteiger partial charge in [-0.25, -0.2) is 0 Å². The molecule has 0 radical (unpaired) electrons. The van der Waals surface area contributed by atoms with Gasteiger partial charge in [-0.1, -0.05) is 0 Å². The number of halogens is 1. The Bertz CT molecular complexity index is 594. The first-order valence-corrected chi connectivity index (χ1v) is 6.18. The summed E-state index contributed by atoms with van der Waals surface area (Å²) >= 11 is 5.60. The zero-order chi connectivity index (χ0) is 13.0. The molecule has 0 aliphatic rings. The minimum atomic E-state index is -0.0545. The molecule has 1 heterocycles. The molecule has 0 fully saturated rings. The minimum absolute atomic E-state index is 0.0545. The van der Waals surface area contributed by atoms with Gasteiger partial charge >= 0.3 is 0 Å². The number of aromatic nitrogens is 1. The molecule has 0 aliphatic carbocycles. The number of pyridine rings is 1. The van der Waals surface area contributed by atoms with Crippen LogP contribution in [-0.2, 0) is 0 Å². The van der Waals surface area contributed by atoms with Crippen LogP contribution in [-0.4, -0.2) is 24.3 Å². The van der Waals surface area contributed by atoms with Crippen molar-refractivity contribution >= 4 is 22.5 Å². The molecule has 96 valence electrons. The van der Waals surface area contributed by atoms with E-state index in [1.54, 1.807) is 36.2 Å². The summed E-state index contributed by atoms with van der Waals surface area (Å²) in [5.41, 5.74) is 0.666. The third kappa shape index (κ3) is 2.59. The zero-order valence-electron chi connectivity index (χ0n) is 10.1. The molecule has 1 aromatic carbocycles. The lowest BCUT2D eigenvalue weighted by Gasteiger charge is -2.12. The van der Waals surface area contributed by atoms with Crippen molar-refractivity contribution in [3.05, 3.63) is 40.7 Å². The number of benzene rings is 1. The molecule has 0 saturated heterocycles.